The summed E-state index contributed by atoms with van der Waals surface area (Å²) in [7, 11) is -2.47. The average Bonchev–Trinajstić information content (AvgIpc) is 3.53. The largest absolute Gasteiger partial charge is 0.497 e. The molecule has 0 aliphatic carbocycles. The maximum Gasteiger partial charge on any atom is 0.407 e. The van der Waals surface area contributed by atoms with Crippen molar-refractivity contribution in [2.75, 3.05) is 40.0 Å². The van der Waals surface area contributed by atoms with Gasteiger partial charge in [-0.05, 0) is 48.6 Å². The predicted molar refractivity (Wildman–Crippen MR) is 150 cm³/mol. The third kappa shape index (κ3) is 7.37. The summed E-state index contributed by atoms with van der Waals surface area (Å²) in [5.74, 6) is -0.977. The molecule has 1 amide bonds. The summed E-state index contributed by atoms with van der Waals surface area (Å²) in [4.78, 5) is 13.2. The van der Waals surface area contributed by atoms with Crippen LogP contribution in [0, 0.1) is 11.8 Å². The van der Waals surface area contributed by atoms with E-state index in [2.05, 4.69) is 5.32 Å². The number of alkyl carbamates (subject to hydrolysis) is 1. The molecule has 3 N–H and O–H groups in total. The zero-order valence-corrected chi connectivity index (χ0v) is 24.5. The van der Waals surface area contributed by atoms with E-state index < -0.39 is 40.2 Å². The number of methoxy groups -OCH3 is 1. The highest BCUT2D eigenvalue weighted by Crippen LogP contribution is 2.42. The van der Waals surface area contributed by atoms with Crippen molar-refractivity contribution in [1.29, 1.82) is 0 Å². The number of sulfonamides is 1. The van der Waals surface area contributed by atoms with Gasteiger partial charge in [-0.1, -0.05) is 44.2 Å². The molecule has 12 heteroatoms. The number of benzene rings is 2. The van der Waals surface area contributed by atoms with E-state index >= 15 is 0 Å². The van der Waals surface area contributed by atoms with Crippen molar-refractivity contribution in [3.8, 4) is 5.75 Å². The number of fused-ring (bicyclic) bond motifs is 1. The van der Waals surface area contributed by atoms with Crippen molar-refractivity contribution in [1.82, 2.24) is 9.62 Å². The minimum atomic E-state index is -3.97. The summed E-state index contributed by atoms with van der Waals surface area (Å²) < 4.78 is 50.5. The fourth-order valence-electron chi connectivity index (χ4n) is 5.35. The third-order valence-corrected chi connectivity index (χ3v) is 9.33. The Labute approximate surface area is 241 Å². The molecule has 2 saturated heterocycles. The van der Waals surface area contributed by atoms with Crippen LogP contribution in [0.15, 0.2) is 59.5 Å². The normalized spacial score (nSPS) is 23.8. The van der Waals surface area contributed by atoms with Crippen LogP contribution in [0.1, 0.15) is 25.8 Å². The van der Waals surface area contributed by atoms with Crippen molar-refractivity contribution >= 4 is 16.1 Å². The van der Waals surface area contributed by atoms with Gasteiger partial charge in [-0.15, -0.1) is 0 Å². The van der Waals surface area contributed by atoms with E-state index in [9.17, 15) is 23.4 Å². The summed E-state index contributed by atoms with van der Waals surface area (Å²) >= 11 is 0. The fourth-order valence-corrected chi connectivity index (χ4v) is 6.97. The summed E-state index contributed by atoms with van der Waals surface area (Å²) in [5.41, 5.74) is 0.845. The highest BCUT2D eigenvalue weighted by Gasteiger charge is 2.56. The van der Waals surface area contributed by atoms with E-state index in [1.54, 1.807) is 12.1 Å². The van der Waals surface area contributed by atoms with Crippen molar-refractivity contribution in [2.24, 2.45) is 11.8 Å². The number of rotatable bonds is 13. The van der Waals surface area contributed by atoms with E-state index in [4.69, 9.17) is 18.9 Å². The molecule has 2 aliphatic rings. The molecule has 226 valence electrons. The van der Waals surface area contributed by atoms with Crippen LogP contribution in [-0.2, 0) is 30.7 Å². The number of hydrogen-bond acceptors (Lipinski definition) is 9. The Morgan fingerprint density at radius 2 is 1.83 bits per heavy atom. The van der Waals surface area contributed by atoms with Gasteiger partial charge in [0.25, 0.3) is 0 Å². The Hall–Kier alpha value is -2.74. The summed E-state index contributed by atoms with van der Waals surface area (Å²) in [6.45, 7) is 3.82. The second-order valence-corrected chi connectivity index (χ2v) is 12.8. The van der Waals surface area contributed by atoms with Gasteiger partial charge in [0.15, 0.2) is 5.79 Å². The van der Waals surface area contributed by atoms with Gasteiger partial charge >= 0.3 is 6.09 Å². The van der Waals surface area contributed by atoms with E-state index in [1.807, 2.05) is 44.2 Å². The van der Waals surface area contributed by atoms with Gasteiger partial charge in [-0.3, -0.25) is 0 Å². The second-order valence-electron chi connectivity index (χ2n) is 10.9. The smallest absolute Gasteiger partial charge is 0.407 e. The van der Waals surface area contributed by atoms with Gasteiger partial charge in [-0.25, -0.2) is 13.2 Å². The van der Waals surface area contributed by atoms with Gasteiger partial charge in [0, 0.05) is 13.1 Å². The number of aliphatic hydroxyl groups is 2. The van der Waals surface area contributed by atoms with Gasteiger partial charge in [0.1, 0.15) is 11.9 Å². The van der Waals surface area contributed by atoms with E-state index in [-0.39, 0.29) is 49.5 Å². The van der Waals surface area contributed by atoms with E-state index in [0.717, 1.165) is 5.56 Å². The molecule has 41 heavy (non-hydrogen) atoms. The SMILES string of the molecule is COc1ccc(S(=O)(=O)N(CC(C)C)C[C@@H](O)[C@H](Cc2ccccc2)NC(=O)O[C@H]2CO[C@@]3(CO)OCC[C@@H]23)cc1. The van der Waals surface area contributed by atoms with Crippen LogP contribution in [0.4, 0.5) is 4.79 Å². The van der Waals surface area contributed by atoms with Crippen molar-refractivity contribution in [2.45, 2.75) is 55.6 Å². The van der Waals surface area contributed by atoms with E-state index in [1.165, 1.54) is 23.5 Å². The average molecular weight is 593 g/mol. The number of carbonyl (C=O) groups is 1. The molecule has 11 nitrogen and oxygen atoms in total. The standard InChI is InChI=1S/C29H40N2O9S/c1-20(2)16-31(41(35,36)23-11-9-22(37-3)10-12-23)17-26(33)25(15-21-7-5-4-6-8-21)30-28(34)40-27-18-39-29(19-32)24(27)13-14-38-29/h4-12,20,24-27,32-33H,13-19H2,1-3H3,(H,30,34)/t24-,25-,26+,27-,29+/m0/s1. The first-order chi connectivity index (χ1) is 19.6. The highest BCUT2D eigenvalue weighted by atomic mass is 32.2. The number of aliphatic hydroxyl groups excluding tert-OH is 2. The molecular formula is C29H40N2O9S. The number of carbonyl (C=O) groups excluding carboxylic acids is 1. The fraction of sp³-hybridized carbons (Fsp3) is 0.552. The number of amides is 1. The van der Waals surface area contributed by atoms with Crippen LogP contribution in [-0.4, -0.2) is 93.1 Å². The van der Waals surface area contributed by atoms with Gasteiger partial charge in [-0.2, -0.15) is 4.31 Å². The maximum atomic E-state index is 13.6. The molecule has 5 atom stereocenters. The van der Waals surface area contributed by atoms with Gasteiger partial charge in [0.2, 0.25) is 10.0 Å². The number of hydrogen-bond donors (Lipinski definition) is 3. The first-order valence-electron chi connectivity index (χ1n) is 13.8. The first kappa shape index (κ1) is 31.2. The lowest BCUT2D eigenvalue weighted by atomic mass is 9.95. The number of ether oxygens (including phenoxy) is 4. The molecule has 2 aliphatic heterocycles. The molecule has 2 heterocycles. The molecule has 0 unspecified atom stereocenters. The Kier molecular flexibility index (Phi) is 10.3. The van der Waals surface area contributed by atoms with Crippen molar-refractivity contribution in [3.05, 3.63) is 60.2 Å². The third-order valence-electron chi connectivity index (χ3n) is 7.48. The first-order valence-corrected chi connectivity index (χ1v) is 15.2. The molecule has 0 bridgehead atoms. The highest BCUT2D eigenvalue weighted by molar-refractivity contribution is 7.89. The molecular weight excluding hydrogens is 552 g/mol. The Balaban J connectivity index is 1.51. The Morgan fingerprint density at radius 3 is 2.46 bits per heavy atom. The minimum absolute atomic E-state index is 0.0245. The number of nitrogens with one attached hydrogen (secondary N) is 1. The van der Waals surface area contributed by atoms with Crippen molar-refractivity contribution < 1.29 is 42.4 Å². The zero-order chi connectivity index (χ0) is 29.6. The molecule has 2 aromatic rings. The summed E-state index contributed by atoms with van der Waals surface area (Å²) in [6, 6.07) is 14.5. The Morgan fingerprint density at radius 1 is 1.12 bits per heavy atom. The molecule has 0 saturated carbocycles. The molecule has 0 radical (unpaired) electrons. The topological polar surface area (TPSA) is 144 Å². The quantitative estimate of drug-likeness (QED) is 0.319. The maximum absolute atomic E-state index is 13.6. The Bertz CT molecular complexity index is 1240. The van der Waals surface area contributed by atoms with Gasteiger partial charge in [0.05, 0.1) is 49.9 Å². The molecule has 0 aromatic heterocycles. The molecule has 2 aromatic carbocycles. The molecule has 2 fully saturated rings. The van der Waals surface area contributed by atoms with Crippen LogP contribution in [0.25, 0.3) is 0 Å². The van der Waals surface area contributed by atoms with Crippen molar-refractivity contribution in [3.63, 3.8) is 0 Å². The predicted octanol–water partition coefficient (Wildman–Crippen LogP) is 2.16. The lowest BCUT2D eigenvalue weighted by Gasteiger charge is -2.31. The lowest BCUT2D eigenvalue weighted by molar-refractivity contribution is -0.216. The van der Waals surface area contributed by atoms with E-state index in [0.29, 0.717) is 18.8 Å². The second kappa shape index (κ2) is 13.5. The summed E-state index contributed by atoms with van der Waals surface area (Å²) in [6.07, 6.45) is -1.86. The van der Waals surface area contributed by atoms with Crippen LogP contribution < -0.4 is 10.1 Å². The van der Waals surface area contributed by atoms with Crippen LogP contribution in [0.3, 0.4) is 0 Å². The van der Waals surface area contributed by atoms with Crippen LogP contribution in [0.2, 0.25) is 0 Å². The summed E-state index contributed by atoms with van der Waals surface area (Å²) in [5, 5.41) is 24.0. The van der Waals surface area contributed by atoms with Crippen LogP contribution >= 0.6 is 0 Å². The monoisotopic (exact) mass is 592 g/mol. The zero-order valence-electron chi connectivity index (χ0n) is 23.6. The lowest BCUT2D eigenvalue weighted by Crippen LogP contribution is -2.52. The van der Waals surface area contributed by atoms with Crippen LogP contribution in [0.5, 0.6) is 5.75 Å². The molecule has 0 spiro atoms. The van der Waals surface area contributed by atoms with Gasteiger partial charge < -0.3 is 34.5 Å². The molecule has 4 rings (SSSR count). The minimum Gasteiger partial charge on any atom is -0.497 e. The number of nitrogens with zero attached hydrogens (tertiary/aromatic N) is 1.